The molecule has 2 rings (SSSR count). The van der Waals surface area contributed by atoms with Gasteiger partial charge in [-0.15, -0.1) is 11.6 Å². The van der Waals surface area contributed by atoms with Gasteiger partial charge in [-0.2, -0.15) is 4.98 Å². The van der Waals surface area contributed by atoms with Crippen LogP contribution in [0.4, 0.5) is 4.39 Å². The standard InChI is InChI=1S/C10H9ClFN3O/c1-2-8(11)9-14-10(16-15-9)6-3-7(12)5-13-4-6/h3-5,8H,2H2,1H3. The summed E-state index contributed by atoms with van der Waals surface area (Å²) >= 11 is 5.95. The molecule has 0 amide bonds. The number of rotatable bonds is 3. The molecule has 0 fully saturated rings. The molecule has 0 saturated carbocycles. The van der Waals surface area contributed by atoms with Crippen molar-refractivity contribution in [1.82, 2.24) is 15.1 Å². The number of hydrogen-bond acceptors (Lipinski definition) is 4. The second-order valence-corrected chi connectivity index (χ2v) is 3.75. The summed E-state index contributed by atoms with van der Waals surface area (Å²) in [7, 11) is 0. The van der Waals surface area contributed by atoms with Gasteiger partial charge in [0.15, 0.2) is 5.82 Å². The summed E-state index contributed by atoms with van der Waals surface area (Å²) < 4.78 is 17.9. The van der Waals surface area contributed by atoms with Gasteiger partial charge in [0.2, 0.25) is 0 Å². The molecule has 0 N–H and O–H groups in total. The zero-order valence-electron chi connectivity index (χ0n) is 8.52. The third-order valence-corrected chi connectivity index (χ3v) is 2.54. The van der Waals surface area contributed by atoms with E-state index in [-0.39, 0.29) is 11.3 Å². The van der Waals surface area contributed by atoms with Crippen LogP contribution in [-0.4, -0.2) is 15.1 Å². The molecular weight excluding hydrogens is 233 g/mol. The van der Waals surface area contributed by atoms with Crippen molar-refractivity contribution in [3.63, 3.8) is 0 Å². The second-order valence-electron chi connectivity index (χ2n) is 3.23. The minimum absolute atomic E-state index is 0.223. The Morgan fingerprint density at radius 2 is 2.31 bits per heavy atom. The number of alkyl halides is 1. The molecule has 0 aliphatic heterocycles. The fraction of sp³-hybridized carbons (Fsp3) is 0.300. The maximum Gasteiger partial charge on any atom is 0.259 e. The lowest BCUT2D eigenvalue weighted by molar-refractivity contribution is 0.421. The van der Waals surface area contributed by atoms with Crippen molar-refractivity contribution in [2.45, 2.75) is 18.7 Å². The molecule has 4 nitrogen and oxygen atoms in total. The van der Waals surface area contributed by atoms with E-state index in [9.17, 15) is 4.39 Å². The number of aromatic nitrogens is 3. The van der Waals surface area contributed by atoms with Gasteiger partial charge in [-0.25, -0.2) is 4.39 Å². The highest BCUT2D eigenvalue weighted by atomic mass is 35.5. The molecule has 0 saturated heterocycles. The highest BCUT2D eigenvalue weighted by molar-refractivity contribution is 6.20. The number of hydrogen-bond donors (Lipinski definition) is 0. The van der Waals surface area contributed by atoms with E-state index in [2.05, 4.69) is 15.1 Å². The minimum atomic E-state index is -0.449. The van der Waals surface area contributed by atoms with Crippen molar-refractivity contribution in [2.75, 3.05) is 0 Å². The van der Waals surface area contributed by atoms with Crippen LogP contribution < -0.4 is 0 Å². The first-order valence-electron chi connectivity index (χ1n) is 4.79. The summed E-state index contributed by atoms with van der Waals surface area (Å²) in [4.78, 5) is 7.78. The van der Waals surface area contributed by atoms with E-state index >= 15 is 0 Å². The molecule has 2 heterocycles. The Morgan fingerprint density at radius 3 is 3.00 bits per heavy atom. The molecule has 1 atom stereocenters. The first-order chi connectivity index (χ1) is 7.70. The molecule has 16 heavy (non-hydrogen) atoms. The Bertz CT molecular complexity index is 488. The smallest absolute Gasteiger partial charge is 0.259 e. The predicted molar refractivity (Wildman–Crippen MR) is 56.4 cm³/mol. The Kier molecular flexibility index (Phi) is 3.14. The van der Waals surface area contributed by atoms with Crippen LogP contribution in [0.3, 0.4) is 0 Å². The third kappa shape index (κ3) is 2.19. The van der Waals surface area contributed by atoms with Gasteiger partial charge >= 0.3 is 0 Å². The lowest BCUT2D eigenvalue weighted by Gasteiger charge is -1.96. The van der Waals surface area contributed by atoms with Crippen LogP contribution in [0.15, 0.2) is 23.0 Å². The molecule has 0 bridgehead atoms. The van der Waals surface area contributed by atoms with E-state index in [1.165, 1.54) is 12.3 Å². The van der Waals surface area contributed by atoms with Crippen LogP contribution >= 0.6 is 11.6 Å². The molecule has 0 aromatic carbocycles. The van der Waals surface area contributed by atoms with E-state index in [0.717, 1.165) is 6.20 Å². The van der Waals surface area contributed by atoms with Crippen LogP contribution in [0.2, 0.25) is 0 Å². The van der Waals surface area contributed by atoms with Crippen molar-refractivity contribution in [2.24, 2.45) is 0 Å². The fourth-order valence-electron chi connectivity index (χ4n) is 1.19. The zero-order chi connectivity index (χ0) is 11.5. The number of halogens is 2. The van der Waals surface area contributed by atoms with Gasteiger partial charge in [-0.1, -0.05) is 12.1 Å². The van der Waals surface area contributed by atoms with Crippen LogP contribution in [0.25, 0.3) is 11.5 Å². The largest absolute Gasteiger partial charge is 0.334 e. The van der Waals surface area contributed by atoms with Crippen LogP contribution in [-0.2, 0) is 0 Å². The van der Waals surface area contributed by atoms with E-state index in [1.54, 1.807) is 0 Å². The Labute approximate surface area is 96.5 Å². The normalized spacial score (nSPS) is 12.7. The van der Waals surface area contributed by atoms with Gasteiger partial charge in [0.05, 0.1) is 17.1 Å². The van der Waals surface area contributed by atoms with Crippen molar-refractivity contribution in [3.8, 4) is 11.5 Å². The quantitative estimate of drug-likeness (QED) is 0.776. The molecule has 2 aromatic heterocycles. The van der Waals surface area contributed by atoms with Gasteiger partial charge in [-0.05, 0) is 12.5 Å². The van der Waals surface area contributed by atoms with Crippen LogP contribution in [0.5, 0.6) is 0 Å². The monoisotopic (exact) mass is 241 g/mol. The molecule has 0 spiro atoms. The predicted octanol–water partition coefficient (Wildman–Crippen LogP) is 2.96. The SMILES string of the molecule is CCC(Cl)c1noc(-c2cncc(F)c2)n1. The van der Waals surface area contributed by atoms with E-state index in [1.807, 2.05) is 6.92 Å². The van der Waals surface area contributed by atoms with Crippen molar-refractivity contribution in [3.05, 3.63) is 30.1 Å². The van der Waals surface area contributed by atoms with Gasteiger partial charge in [0, 0.05) is 6.20 Å². The van der Waals surface area contributed by atoms with E-state index in [0.29, 0.717) is 17.8 Å². The minimum Gasteiger partial charge on any atom is -0.334 e. The summed E-state index contributed by atoms with van der Waals surface area (Å²) in [5.74, 6) is 0.180. The molecule has 6 heteroatoms. The molecule has 0 radical (unpaired) electrons. The molecule has 0 aliphatic rings. The highest BCUT2D eigenvalue weighted by Crippen LogP contribution is 2.24. The summed E-state index contributed by atoms with van der Waals surface area (Å²) in [6.07, 6.45) is 3.26. The Balaban J connectivity index is 2.31. The molecule has 84 valence electrons. The van der Waals surface area contributed by atoms with Crippen molar-refractivity contribution < 1.29 is 8.91 Å². The molecule has 1 unspecified atom stereocenters. The summed E-state index contributed by atoms with van der Waals surface area (Å²) in [6.45, 7) is 1.91. The highest BCUT2D eigenvalue weighted by Gasteiger charge is 2.15. The molecule has 2 aromatic rings. The Hall–Kier alpha value is -1.49. The van der Waals surface area contributed by atoms with Crippen molar-refractivity contribution >= 4 is 11.6 Å². The van der Waals surface area contributed by atoms with Gasteiger partial charge in [0.25, 0.3) is 5.89 Å². The first-order valence-corrected chi connectivity index (χ1v) is 5.23. The number of nitrogens with zero attached hydrogens (tertiary/aromatic N) is 3. The summed E-state index contributed by atoms with van der Waals surface area (Å²) in [5, 5.41) is 3.43. The van der Waals surface area contributed by atoms with Gasteiger partial charge in [-0.3, -0.25) is 4.98 Å². The lowest BCUT2D eigenvalue weighted by Crippen LogP contribution is -1.91. The average Bonchev–Trinajstić information content (AvgIpc) is 2.77. The molecule has 0 aliphatic carbocycles. The third-order valence-electron chi connectivity index (χ3n) is 2.03. The van der Waals surface area contributed by atoms with E-state index in [4.69, 9.17) is 16.1 Å². The Morgan fingerprint density at radius 1 is 1.50 bits per heavy atom. The summed E-state index contributed by atoms with van der Waals surface area (Å²) in [6, 6.07) is 1.28. The molecular formula is C10H9ClFN3O. The van der Waals surface area contributed by atoms with E-state index < -0.39 is 5.82 Å². The second kappa shape index (κ2) is 4.57. The topological polar surface area (TPSA) is 51.8 Å². The number of pyridine rings is 1. The summed E-state index contributed by atoms with van der Waals surface area (Å²) in [5.41, 5.74) is 0.443. The maximum atomic E-state index is 12.9. The first kappa shape index (κ1) is 11.0. The fourth-order valence-corrected chi connectivity index (χ4v) is 1.28. The van der Waals surface area contributed by atoms with Crippen LogP contribution in [0, 0.1) is 5.82 Å². The van der Waals surface area contributed by atoms with Gasteiger partial charge in [0.1, 0.15) is 5.82 Å². The average molecular weight is 242 g/mol. The lowest BCUT2D eigenvalue weighted by atomic mass is 10.3. The maximum absolute atomic E-state index is 12.9. The zero-order valence-corrected chi connectivity index (χ0v) is 9.28. The van der Waals surface area contributed by atoms with Gasteiger partial charge < -0.3 is 4.52 Å². The van der Waals surface area contributed by atoms with Crippen LogP contribution in [0.1, 0.15) is 24.5 Å². The van der Waals surface area contributed by atoms with Crippen molar-refractivity contribution in [1.29, 1.82) is 0 Å².